The van der Waals surface area contributed by atoms with E-state index in [1.54, 1.807) is 0 Å². The number of hydrogen-bond donors (Lipinski definition) is 3. The maximum atomic E-state index is 11.8. The van der Waals surface area contributed by atoms with Crippen molar-refractivity contribution in [1.82, 2.24) is 15.3 Å². The molecule has 3 rings (SSSR count). The topological polar surface area (TPSA) is 69.8 Å². The molecule has 0 saturated carbocycles. The third-order valence-electron chi connectivity index (χ3n) is 4.00. The Hall–Kier alpha value is -2.44. The summed E-state index contributed by atoms with van der Waals surface area (Å²) in [5.41, 5.74) is 4.42. The van der Waals surface area contributed by atoms with Gasteiger partial charge in [-0.2, -0.15) is 0 Å². The molecule has 0 fully saturated rings. The summed E-state index contributed by atoms with van der Waals surface area (Å²) in [5.74, 6) is 0.926. The molecule has 0 radical (unpaired) electrons. The highest BCUT2D eigenvalue weighted by Crippen LogP contribution is 2.26. The summed E-state index contributed by atoms with van der Waals surface area (Å²) in [7, 11) is 0. The Labute approximate surface area is 168 Å². The van der Waals surface area contributed by atoms with Crippen molar-refractivity contribution < 1.29 is 4.79 Å². The molecule has 3 aromatic rings. The molecular formula is C20H21ClN4OS. The zero-order valence-electron chi connectivity index (χ0n) is 15.4. The third-order valence-corrected chi connectivity index (χ3v) is 4.61. The van der Waals surface area contributed by atoms with Crippen LogP contribution in [0.15, 0.2) is 36.4 Å². The van der Waals surface area contributed by atoms with Gasteiger partial charge in [-0.05, 0) is 54.9 Å². The Morgan fingerprint density at radius 2 is 2.07 bits per heavy atom. The van der Waals surface area contributed by atoms with E-state index >= 15 is 0 Å². The highest BCUT2D eigenvalue weighted by molar-refractivity contribution is 7.80. The number of carbonyl (C=O) groups excluding carboxylic acids is 1. The maximum absolute atomic E-state index is 11.8. The first-order valence-corrected chi connectivity index (χ1v) is 9.47. The number of rotatable bonds is 4. The van der Waals surface area contributed by atoms with Crippen molar-refractivity contribution >= 4 is 51.6 Å². The number of nitrogens with one attached hydrogen (secondary N) is 3. The summed E-state index contributed by atoms with van der Waals surface area (Å²) in [6.45, 7) is 5.93. The van der Waals surface area contributed by atoms with Gasteiger partial charge in [0.05, 0.1) is 11.0 Å². The highest BCUT2D eigenvalue weighted by atomic mass is 35.5. The van der Waals surface area contributed by atoms with Gasteiger partial charge in [-0.1, -0.05) is 37.6 Å². The SMILES string of the molecule is Cc1cc2[nH]c(-c3cccc(NC(=S)NC(=O)CC(C)C)c3)nc2cc1Cl. The first kappa shape index (κ1) is 19.3. The molecule has 2 aromatic carbocycles. The fourth-order valence-corrected chi connectivity index (χ4v) is 3.12. The normalized spacial score (nSPS) is 11.0. The van der Waals surface area contributed by atoms with E-state index in [-0.39, 0.29) is 16.9 Å². The molecule has 0 aliphatic heterocycles. The standard InChI is InChI=1S/C20H21ClN4OS/c1-11(2)7-18(26)25-20(27)22-14-6-4-5-13(9-14)19-23-16-8-12(3)15(21)10-17(16)24-19/h4-6,8-11H,7H2,1-3H3,(H,23,24)(H2,22,25,26,27). The van der Waals surface area contributed by atoms with Crippen LogP contribution in [0.1, 0.15) is 25.8 Å². The average molecular weight is 401 g/mol. The van der Waals surface area contributed by atoms with Crippen LogP contribution in [0.2, 0.25) is 5.02 Å². The van der Waals surface area contributed by atoms with E-state index in [0.29, 0.717) is 11.4 Å². The summed E-state index contributed by atoms with van der Waals surface area (Å²) in [4.78, 5) is 19.8. The number of imidazole rings is 1. The van der Waals surface area contributed by atoms with Crippen LogP contribution < -0.4 is 10.6 Å². The lowest BCUT2D eigenvalue weighted by Gasteiger charge is -2.11. The second-order valence-electron chi connectivity index (χ2n) is 6.89. The van der Waals surface area contributed by atoms with Gasteiger partial charge < -0.3 is 15.6 Å². The van der Waals surface area contributed by atoms with E-state index in [2.05, 4.69) is 20.6 Å². The van der Waals surface area contributed by atoms with Crippen molar-refractivity contribution in [1.29, 1.82) is 0 Å². The fraction of sp³-hybridized carbons (Fsp3) is 0.250. The predicted octanol–water partition coefficient (Wildman–Crippen LogP) is 5.05. The fourth-order valence-electron chi connectivity index (χ4n) is 2.73. The molecule has 3 N–H and O–H groups in total. The van der Waals surface area contributed by atoms with Crippen molar-refractivity contribution in [3.63, 3.8) is 0 Å². The van der Waals surface area contributed by atoms with Crippen LogP contribution >= 0.6 is 23.8 Å². The molecule has 1 amide bonds. The third kappa shape index (κ3) is 4.84. The number of H-pyrrole nitrogens is 1. The number of aromatic amines is 1. The van der Waals surface area contributed by atoms with Crippen LogP contribution in [-0.2, 0) is 4.79 Å². The Bertz CT molecular complexity index is 973. The molecule has 0 atom stereocenters. The van der Waals surface area contributed by atoms with Gasteiger partial charge in [-0.3, -0.25) is 4.79 Å². The Balaban J connectivity index is 1.77. The molecule has 0 bridgehead atoms. The molecule has 5 nitrogen and oxygen atoms in total. The summed E-state index contributed by atoms with van der Waals surface area (Å²) < 4.78 is 0. The second kappa shape index (κ2) is 8.06. The van der Waals surface area contributed by atoms with E-state index in [0.717, 1.165) is 33.7 Å². The number of thiocarbonyl (C=S) groups is 1. The zero-order chi connectivity index (χ0) is 19.6. The molecule has 1 heterocycles. The Morgan fingerprint density at radius 1 is 1.30 bits per heavy atom. The molecule has 1 aromatic heterocycles. The number of aromatic nitrogens is 2. The lowest BCUT2D eigenvalue weighted by molar-refractivity contribution is -0.120. The minimum absolute atomic E-state index is 0.0943. The first-order chi connectivity index (χ1) is 12.8. The number of amides is 1. The van der Waals surface area contributed by atoms with Crippen molar-refractivity contribution in [2.75, 3.05) is 5.32 Å². The largest absolute Gasteiger partial charge is 0.338 e. The maximum Gasteiger partial charge on any atom is 0.226 e. The minimum Gasteiger partial charge on any atom is -0.338 e. The number of fused-ring (bicyclic) bond motifs is 1. The van der Waals surface area contributed by atoms with E-state index in [1.165, 1.54) is 0 Å². The molecule has 140 valence electrons. The van der Waals surface area contributed by atoms with Gasteiger partial charge in [0, 0.05) is 22.7 Å². The molecule has 0 aliphatic carbocycles. The summed E-state index contributed by atoms with van der Waals surface area (Å²) >= 11 is 11.4. The molecular weight excluding hydrogens is 380 g/mol. The van der Waals surface area contributed by atoms with Gasteiger partial charge in [0.25, 0.3) is 0 Å². The summed E-state index contributed by atoms with van der Waals surface area (Å²) in [5, 5.41) is 6.72. The lowest BCUT2D eigenvalue weighted by Crippen LogP contribution is -2.34. The van der Waals surface area contributed by atoms with Crippen LogP contribution in [0.4, 0.5) is 5.69 Å². The van der Waals surface area contributed by atoms with Crippen LogP contribution in [0.5, 0.6) is 0 Å². The molecule has 27 heavy (non-hydrogen) atoms. The quantitative estimate of drug-likeness (QED) is 0.536. The van der Waals surface area contributed by atoms with Gasteiger partial charge in [-0.25, -0.2) is 4.98 Å². The Morgan fingerprint density at radius 3 is 2.81 bits per heavy atom. The van der Waals surface area contributed by atoms with Gasteiger partial charge in [0.1, 0.15) is 5.82 Å². The molecule has 0 aliphatic rings. The van der Waals surface area contributed by atoms with E-state index in [4.69, 9.17) is 23.8 Å². The summed E-state index contributed by atoms with van der Waals surface area (Å²) in [6, 6.07) is 11.5. The monoisotopic (exact) mass is 400 g/mol. The molecule has 0 saturated heterocycles. The van der Waals surface area contributed by atoms with Crippen LogP contribution in [0, 0.1) is 12.8 Å². The molecule has 7 heteroatoms. The first-order valence-electron chi connectivity index (χ1n) is 8.69. The number of nitrogens with zero attached hydrogens (tertiary/aromatic N) is 1. The highest BCUT2D eigenvalue weighted by Gasteiger charge is 2.10. The van der Waals surface area contributed by atoms with Crippen molar-refractivity contribution in [3.8, 4) is 11.4 Å². The second-order valence-corrected chi connectivity index (χ2v) is 7.70. The number of aryl methyl sites for hydroxylation is 1. The zero-order valence-corrected chi connectivity index (χ0v) is 17.0. The number of benzene rings is 2. The van der Waals surface area contributed by atoms with Gasteiger partial charge in [-0.15, -0.1) is 0 Å². The summed E-state index contributed by atoms with van der Waals surface area (Å²) in [6.07, 6.45) is 0.433. The Kier molecular flexibility index (Phi) is 5.77. The average Bonchev–Trinajstić information content (AvgIpc) is 2.97. The predicted molar refractivity (Wildman–Crippen MR) is 115 cm³/mol. The number of halogens is 1. The van der Waals surface area contributed by atoms with Crippen molar-refractivity contribution in [2.45, 2.75) is 27.2 Å². The lowest BCUT2D eigenvalue weighted by atomic mass is 10.1. The van der Waals surface area contributed by atoms with Gasteiger partial charge >= 0.3 is 0 Å². The van der Waals surface area contributed by atoms with Crippen LogP contribution in [-0.4, -0.2) is 21.0 Å². The van der Waals surface area contributed by atoms with E-state index in [1.807, 2.05) is 57.2 Å². The van der Waals surface area contributed by atoms with E-state index < -0.39 is 0 Å². The van der Waals surface area contributed by atoms with Crippen molar-refractivity contribution in [2.24, 2.45) is 5.92 Å². The van der Waals surface area contributed by atoms with Crippen LogP contribution in [0.25, 0.3) is 22.4 Å². The molecule has 0 spiro atoms. The number of anilines is 1. The minimum atomic E-state index is -0.0943. The smallest absolute Gasteiger partial charge is 0.226 e. The van der Waals surface area contributed by atoms with Crippen molar-refractivity contribution in [3.05, 3.63) is 47.0 Å². The number of carbonyl (C=O) groups is 1. The van der Waals surface area contributed by atoms with Gasteiger partial charge in [0.2, 0.25) is 5.91 Å². The number of hydrogen-bond acceptors (Lipinski definition) is 3. The van der Waals surface area contributed by atoms with Crippen LogP contribution in [0.3, 0.4) is 0 Å². The molecule has 0 unspecified atom stereocenters. The van der Waals surface area contributed by atoms with Gasteiger partial charge in [0.15, 0.2) is 5.11 Å². The van der Waals surface area contributed by atoms with E-state index in [9.17, 15) is 4.79 Å².